The summed E-state index contributed by atoms with van der Waals surface area (Å²) in [4.78, 5) is 58.0. The second kappa shape index (κ2) is 11.8. The number of aliphatic hydroxyl groups is 1. The standard InChI is InChI=1S/C15H27N5O7/c1-7(2)3-8(13(24)20-9(15(26)27)4-11(17)22)19-14(25)10(6-21)18-12(23)5-16/h7-10,21H,3-6,16H2,1-2H3,(H2,17,22)(H,18,23)(H,19,25)(H,20,24)(H,26,27). The Morgan fingerprint density at radius 2 is 1.44 bits per heavy atom. The molecule has 0 aromatic heterocycles. The molecule has 0 fully saturated rings. The Labute approximate surface area is 156 Å². The number of hydrogen-bond donors (Lipinski definition) is 7. The van der Waals surface area contributed by atoms with E-state index in [2.05, 4.69) is 16.0 Å². The molecule has 0 aromatic rings. The quantitative estimate of drug-likeness (QED) is 0.176. The maximum absolute atomic E-state index is 12.4. The normalized spacial score (nSPS) is 14.0. The lowest BCUT2D eigenvalue weighted by atomic mass is 10.0. The minimum atomic E-state index is -1.55. The van der Waals surface area contributed by atoms with E-state index in [9.17, 15) is 29.1 Å². The van der Waals surface area contributed by atoms with Gasteiger partial charge < -0.3 is 37.6 Å². The first kappa shape index (κ1) is 24.3. The summed E-state index contributed by atoms with van der Waals surface area (Å²) < 4.78 is 0. The monoisotopic (exact) mass is 389 g/mol. The summed E-state index contributed by atoms with van der Waals surface area (Å²) in [6.07, 6.45) is -0.474. The van der Waals surface area contributed by atoms with Crippen LogP contribution in [0.2, 0.25) is 0 Å². The molecule has 0 radical (unpaired) electrons. The number of carbonyl (C=O) groups is 5. The van der Waals surface area contributed by atoms with Crippen LogP contribution in [0.1, 0.15) is 26.7 Å². The number of aliphatic hydroxyl groups excluding tert-OH is 1. The van der Waals surface area contributed by atoms with Gasteiger partial charge in [0.2, 0.25) is 23.6 Å². The average molecular weight is 389 g/mol. The number of hydrogen-bond acceptors (Lipinski definition) is 7. The Balaban J connectivity index is 5.21. The molecule has 0 aliphatic heterocycles. The minimum absolute atomic E-state index is 0.0633. The topological polar surface area (TPSA) is 214 Å². The number of carboxylic acid groups (broad SMARTS) is 1. The lowest BCUT2D eigenvalue weighted by Gasteiger charge is -2.24. The first-order chi connectivity index (χ1) is 12.5. The summed E-state index contributed by atoms with van der Waals surface area (Å²) >= 11 is 0. The highest BCUT2D eigenvalue weighted by Crippen LogP contribution is 2.06. The van der Waals surface area contributed by atoms with Crippen LogP contribution in [0.5, 0.6) is 0 Å². The summed E-state index contributed by atoms with van der Waals surface area (Å²) in [5.41, 5.74) is 10.1. The molecule has 0 saturated carbocycles. The molecule has 0 aromatic carbocycles. The third kappa shape index (κ3) is 9.51. The molecule has 12 heteroatoms. The summed E-state index contributed by atoms with van der Waals surface area (Å²) in [6.45, 7) is 2.41. The average Bonchev–Trinajstić information content (AvgIpc) is 2.56. The van der Waals surface area contributed by atoms with Gasteiger partial charge in [-0.2, -0.15) is 0 Å². The van der Waals surface area contributed by atoms with Gasteiger partial charge in [0.05, 0.1) is 19.6 Å². The van der Waals surface area contributed by atoms with Crippen LogP contribution in [0.3, 0.4) is 0 Å². The zero-order valence-electron chi connectivity index (χ0n) is 15.2. The van der Waals surface area contributed by atoms with Gasteiger partial charge in [0.15, 0.2) is 0 Å². The van der Waals surface area contributed by atoms with Crippen molar-refractivity contribution in [3.63, 3.8) is 0 Å². The predicted molar refractivity (Wildman–Crippen MR) is 92.8 cm³/mol. The Morgan fingerprint density at radius 3 is 1.85 bits per heavy atom. The first-order valence-corrected chi connectivity index (χ1v) is 8.23. The van der Waals surface area contributed by atoms with Crippen molar-refractivity contribution >= 4 is 29.6 Å². The van der Waals surface area contributed by atoms with Crippen LogP contribution in [-0.4, -0.2) is 71.1 Å². The van der Waals surface area contributed by atoms with Crippen molar-refractivity contribution in [3.05, 3.63) is 0 Å². The highest BCUT2D eigenvalue weighted by atomic mass is 16.4. The van der Waals surface area contributed by atoms with Crippen LogP contribution in [-0.2, 0) is 24.0 Å². The second-order valence-electron chi connectivity index (χ2n) is 6.27. The Kier molecular flexibility index (Phi) is 10.6. The van der Waals surface area contributed by atoms with Crippen molar-refractivity contribution in [2.75, 3.05) is 13.2 Å². The van der Waals surface area contributed by atoms with Crippen molar-refractivity contribution in [2.24, 2.45) is 17.4 Å². The van der Waals surface area contributed by atoms with Gasteiger partial charge in [0.25, 0.3) is 0 Å². The van der Waals surface area contributed by atoms with E-state index in [1.807, 2.05) is 0 Å². The smallest absolute Gasteiger partial charge is 0.326 e. The Bertz CT molecular complexity index is 567. The van der Waals surface area contributed by atoms with Crippen molar-refractivity contribution in [2.45, 2.75) is 44.8 Å². The fraction of sp³-hybridized carbons (Fsp3) is 0.667. The SMILES string of the molecule is CC(C)CC(NC(=O)C(CO)NC(=O)CN)C(=O)NC(CC(N)=O)C(=O)O. The van der Waals surface area contributed by atoms with Crippen LogP contribution < -0.4 is 27.4 Å². The number of nitrogens with one attached hydrogen (secondary N) is 3. The molecular weight excluding hydrogens is 362 g/mol. The van der Waals surface area contributed by atoms with E-state index < -0.39 is 67.3 Å². The van der Waals surface area contributed by atoms with Crippen LogP contribution in [0.4, 0.5) is 0 Å². The first-order valence-electron chi connectivity index (χ1n) is 8.23. The van der Waals surface area contributed by atoms with E-state index >= 15 is 0 Å². The van der Waals surface area contributed by atoms with Crippen LogP contribution in [0.25, 0.3) is 0 Å². The molecule has 0 aliphatic carbocycles. The molecule has 0 bridgehead atoms. The number of carboxylic acids is 1. The van der Waals surface area contributed by atoms with Gasteiger partial charge >= 0.3 is 5.97 Å². The van der Waals surface area contributed by atoms with Gasteiger partial charge in [0.1, 0.15) is 18.1 Å². The van der Waals surface area contributed by atoms with Gasteiger partial charge in [-0.15, -0.1) is 0 Å². The zero-order chi connectivity index (χ0) is 21.1. The van der Waals surface area contributed by atoms with Crippen molar-refractivity contribution in [1.82, 2.24) is 16.0 Å². The third-order valence-electron chi connectivity index (χ3n) is 3.38. The summed E-state index contributed by atoms with van der Waals surface area (Å²) in [7, 11) is 0. The van der Waals surface area contributed by atoms with Gasteiger partial charge in [-0.1, -0.05) is 13.8 Å². The second-order valence-corrected chi connectivity index (χ2v) is 6.27. The fourth-order valence-electron chi connectivity index (χ4n) is 2.10. The third-order valence-corrected chi connectivity index (χ3v) is 3.38. The summed E-state index contributed by atoms with van der Waals surface area (Å²) in [5, 5.41) is 25.0. The van der Waals surface area contributed by atoms with Crippen molar-refractivity contribution in [3.8, 4) is 0 Å². The molecule has 12 nitrogen and oxygen atoms in total. The molecule has 0 heterocycles. The Morgan fingerprint density at radius 1 is 0.926 bits per heavy atom. The molecule has 27 heavy (non-hydrogen) atoms. The van der Waals surface area contributed by atoms with E-state index in [1.165, 1.54) is 0 Å². The molecule has 154 valence electrons. The molecule has 0 aliphatic rings. The lowest BCUT2D eigenvalue weighted by Crippen LogP contribution is -2.57. The number of carbonyl (C=O) groups excluding carboxylic acids is 4. The van der Waals surface area contributed by atoms with E-state index in [1.54, 1.807) is 13.8 Å². The molecule has 3 atom stereocenters. The van der Waals surface area contributed by atoms with Crippen molar-refractivity contribution in [1.29, 1.82) is 0 Å². The summed E-state index contributed by atoms with van der Waals surface area (Å²) in [6, 6.07) is -4.03. The van der Waals surface area contributed by atoms with Gasteiger partial charge in [-0.25, -0.2) is 4.79 Å². The minimum Gasteiger partial charge on any atom is -0.480 e. The zero-order valence-corrected chi connectivity index (χ0v) is 15.2. The fourth-order valence-corrected chi connectivity index (χ4v) is 2.10. The van der Waals surface area contributed by atoms with Gasteiger partial charge in [-0.3, -0.25) is 19.2 Å². The van der Waals surface area contributed by atoms with E-state index in [-0.39, 0.29) is 12.3 Å². The number of primary amides is 1. The largest absolute Gasteiger partial charge is 0.480 e. The van der Waals surface area contributed by atoms with Crippen LogP contribution in [0, 0.1) is 5.92 Å². The lowest BCUT2D eigenvalue weighted by molar-refractivity contribution is -0.144. The maximum Gasteiger partial charge on any atom is 0.326 e. The number of rotatable bonds is 12. The van der Waals surface area contributed by atoms with Crippen LogP contribution >= 0.6 is 0 Å². The molecule has 4 amide bonds. The molecule has 0 saturated heterocycles. The van der Waals surface area contributed by atoms with E-state index in [0.29, 0.717) is 0 Å². The van der Waals surface area contributed by atoms with Crippen LogP contribution in [0.15, 0.2) is 0 Å². The van der Waals surface area contributed by atoms with Gasteiger partial charge in [0, 0.05) is 0 Å². The van der Waals surface area contributed by atoms with Crippen molar-refractivity contribution < 1.29 is 34.2 Å². The number of nitrogens with two attached hydrogens (primary N) is 2. The highest BCUT2D eigenvalue weighted by Gasteiger charge is 2.30. The van der Waals surface area contributed by atoms with Gasteiger partial charge in [-0.05, 0) is 12.3 Å². The summed E-state index contributed by atoms with van der Waals surface area (Å²) in [5.74, 6) is -4.81. The Hall–Kier alpha value is -2.73. The molecule has 0 spiro atoms. The van der Waals surface area contributed by atoms with E-state index in [4.69, 9.17) is 16.6 Å². The molecule has 3 unspecified atom stereocenters. The number of aliphatic carboxylic acids is 1. The highest BCUT2D eigenvalue weighted by molar-refractivity contribution is 5.94. The van der Waals surface area contributed by atoms with E-state index in [0.717, 1.165) is 0 Å². The maximum atomic E-state index is 12.4. The number of amides is 4. The predicted octanol–water partition coefficient (Wildman–Crippen LogP) is -3.60. The molecular formula is C15H27N5O7. The molecule has 0 rings (SSSR count). The molecule has 9 N–H and O–H groups in total.